The SMILES string of the molecule is NC[C@@H]1CN(S(=O)(=O)c2cccs2)C[C@H]1c1ccccc1. The highest BCUT2D eigenvalue weighted by atomic mass is 32.2. The molecule has 1 aromatic heterocycles. The molecule has 1 saturated heterocycles. The molecule has 112 valence electrons. The summed E-state index contributed by atoms with van der Waals surface area (Å²) in [5.41, 5.74) is 7.03. The Morgan fingerprint density at radius 2 is 1.90 bits per heavy atom. The van der Waals surface area contributed by atoms with Gasteiger partial charge in [-0.2, -0.15) is 4.31 Å². The van der Waals surface area contributed by atoms with E-state index in [1.54, 1.807) is 21.8 Å². The molecule has 2 aromatic rings. The van der Waals surface area contributed by atoms with Crippen LogP contribution in [0, 0.1) is 5.92 Å². The van der Waals surface area contributed by atoms with Crippen LogP contribution in [0.15, 0.2) is 52.1 Å². The van der Waals surface area contributed by atoms with E-state index in [-0.39, 0.29) is 11.8 Å². The summed E-state index contributed by atoms with van der Waals surface area (Å²) in [5.74, 6) is 0.341. The molecule has 0 amide bonds. The van der Waals surface area contributed by atoms with Crippen molar-refractivity contribution in [2.75, 3.05) is 19.6 Å². The van der Waals surface area contributed by atoms with E-state index in [4.69, 9.17) is 5.73 Å². The Morgan fingerprint density at radius 3 is 2.52 bits per heavy atom. The lowest BCUT2D eigenvalue weighted by Crippen LogP contribution is -2.29. The number of hydrogen-bond donors (Lipinski definition) is 1. The quantitative estimate of drug-likeness (QED) is 0.938. The highest BCUT2D eigenvalue weighted by Gasteiger charge is 2.39. The van der Waals surface area contributed by atoms with Crippen molar-refractivity contribution in [2.45, 2.75) is 10.1 Å². The van der Waals surface area contributed by atoms with Gasteiger partial charge >= 0.3 is 0 Å². The molecule has 0 aliphatic carbocycles. The van der Waals surface area contributed by atoms with Crippen LogP contribution in [-0.4, -0.2) is 32.4 Å². The first-order valence-electron chi connectivity index (χ1n) is 6.91. The summed E-state index contributed by atoms with van der Waals surface area (Å²) in [6, 6.07) is 13.5. The number of rotatable bonds is 4. The molecule has 1 aromatic carbocycles. The number of hydrogen-bond acceptors (Lipinski definition) is 4. The van der Waals surface area contributed by atoms with E-state index in [0.29, 0.717) is 23.8 Å². The van der Waals surface area contributed by atoms with Crippen LogP contribution < -0.4 is 5.73 Å². The topological polar surface area (TPSA) is 63.4 Å². The van der Waals surface area contributed by atoms with Crippen molar-refractivity contribution in [3.8, 4) is 0 Å². The van der Waals surface area contributed by atoms with Gasteiger partial charge in [-0.1, -0.05) is 36.4 Å². The van der Waals surface area contributed by atoms with E-state index < -0.39 is 10.0 Å². The molecule has 2 N–H and O–H groups in total. The Morgan fingerprint density at radius 1 is 1.14 bits per heavy atom. The number of nitrogens with zero attached hydrogens (tertiary/aromatic N) is 1. The monoisotopic (exact) mass is 322 g/mol. The minimum Gasteiger partial charge on any atom is -0.330 e. The standard InChI is InChI=1S/C15H18N2O2S2/c16-9-13-10-17(21(18,19)15-7-4-8-20-15)11-14(13)12-5-2-1-3-6-12/h1-8,13-14H,9-11,16H2/t13-,14+/m1/s1. The molecule has 1 fully saturated rings. The van der Waals surface area contributed by atoms with Crippen LogP contribution in [0.4, 0.5) is 0 Å². The summed E-state index contributed by atoms with van der Waals surface area (Å²) >= 11 is 1.26. The lowest BCUT2D eigenvalue weighted by molar-refractivity contribution is 0.460. The molecule has 6 heteroatoms. The van der Waals surface area contributed by atoms with Gasteiger partial charge in [0.05, 0.1) is 0 Å². The number of thiophene rings is 1. The molecular weight excluding hydrogens is 304 g/mol. The molecule has 2 atom stereocenters. The second kappa shape index (κ2) is 5.88. The lowest BCUT2D eigenvalue weighted by Gasteiger charge is -2.16. The molecule has 2 heterocycles. The normalized spacial score (nSPS) is 23.5. The largest absolute Gasteiger partial charge is 0.330 e. The zero-order chi connectivity index (χ0) is 14.9. The van der Waals surface area contributed by atoms with Crippen LogP contribution >= 0.6 is 11.3 Å². The number of sulfonamides is 1. The molecule has 0 spiro atoms. The third-order valence-corrected chi connectivity index (χ3v) is 7.23. The number of nitrogens with two attached hydrogens (primary N) is 1. The van der Waals surface area contributed by atoms with Gasteiger partial charge in [-0.05, 0) is 29.5 Å². The van der Waals surface area contributed by atoms with Crippen molar-refractivity contribution in [3.05, 3.63) is 53.4 Å². The van der Waals surface area contributed by atoms with E-state index in [2.05, 4.69) is 12.1 Å². The van der Waals surface area contributed by atoms with Gasteiger partial charge in [-0.15, -0.1) is 11.3 Å². The fourth-order valence-corrected chi connectivity index (χ4v) is 5.55. The molecule has 3 rings (SSSR count). The maximum absolute atomic E-state index is 12.6. The average Bonchev–Trinajstić information content (AvgIpc) is 3.18. The maximum atomic E-state index is 12.6. The van der Waals surface area contributed by atoms with Crippen molar-refractivity contribution >= 4 is 21.4 Å². The summed E-state index contributed by atoms with van der Waals surface area (Å²) in [6.45, 7) is 1.50. The Balaban J connectivity index is 1.88. The van der Waals surface area contributed by atoms with Crippen molar-refractivity contribution in [3.63, 3.8) is 0 Å². The first-order valence-corrected chi connectivity index (χ1v) is 9.23. The highest BCUT2D eigenvalue weighted by Crippen LogP contribution is 2.35. The third-order valence-electron chi connectivity index (χ3n) is 4.03. The smallest absolute Gasteiger partial charge is 0.252 e. The van der Waals surface area contributed by atoms with E-state index >= 15 is 0 Å². The van der Waals surface area contributed by atoms with Crippen molar-refractivity contribution in [1.82, 2.24) is 4.31 Å². The summed E-state index contributed by atoms with van der Waals surface area (Å²) in [7, 11) is -3.38. The van der Waals surface area contributed by atoms with E-state index in [1.807, 2.05) is 18.2 Å². The Hall–Kier alpha value is -1.21. The number of benzene rings is 1. The van der Waals surface area contributed by atoms with Crippen LogP contribution in [0.2, 0.25) is 0 Å². The van der Waals surface area contributed by atoms with Crippen LogP contribution in [0.5, 0.6) is 0 Å². The second-order valence-corrected chi connectivity index (χ2v) is 8.38. The van der Waals surface area contributed by atoms with Crippen LogP contribution in [0.25, 0.3) is 0 Å². The molecule has 1 aliphatic rings. The minimum atomic E-state index is -3.38. The lowest BCUT2D eigenvalue weighted by atomic mass is 9.89. The van der Waals surface area contributed by atoms with Gasteiger partial charge in [0.1, 0.15) is 4.21 Å². The van der Waals surface area contributed by atoms with Gasteiger partial charge in [0.15, 0.2) is 0 Å². The zero-order valence-corrected chi connectivity index (χ0v) is 13.2. The Labute approximate surface area is 129 Å². The van der Waals surface area contributed by atoms with Gasteiger partial charge in [-0.3, -0.25) is 0 Å². The molecular formula is C15H18N2O2S2. The van der Waals surface area contributed by atoms with Gasteiger partial charge in [0, 0.05) is 19.0 Å². The van der Waals surface area contributed by atoms with E-state index in [9.17, 15) is 8.42 Å². The molecule has 21 heavy (non-hydrogen) atoms. The maximum Gasteiger partial charge on any atom is 0.252 e. The second-order valence-electron chi connectivity index (χ2n) is 5.27. The zero-order valence-electron chi connectivity index (χ0n) is 11.6. The average molecular weight is 322 g/mol. The highest BCUT2D eigenvalue weighted by molar-refractivity contribution is 7.91. The van der Waals surface area contributed by atoms with E-state index in [1.165, 1.54) is 11.3 Å². The molecule has 4 nitrogen and oxygen atoms in total. The Bertz CT molecular complexity index is 684. The van der Waals surface area contributed by atoms with Gasteiger partial charge in [0.25, 0.3) is 10.0 Å². The van der Waals surface area contributed by atoms with Gasteiger partial charge in [-0.25, -0.2) is 8.42 Å². The first kappa shape index (κ1) is 14.7. The molecule has 1 aliphatic heterocycles. The van der Waals surface area contributed by atoms with Gasteiger partial charge in [0.2, 0.25) is 0 Å². The fraction of sp³-hybridized carbons (Fsp3) is 0.333. The van der Waals surface area contributed by atoms with Crippen molar-refractivity contribution in [2.24, 2.45) is 11.7 Å². The van der Waals surface area contributed by atoms with Crippen LogP contribution in [0.3, 0.4) is 0 Å². The van der Waals surface area contributed by atoms with E-state index in [0.717, 1.165) is 5.56 Å². The molecule has 0 unspecified atom stereocenters. The molecule has 0 saturated carbocycles. The summed E-state index contributed by atoms with van der Waals surface area (Å²) in [5, 5.41) is 1.79. The van der Waals surface area contributed by atoms with Crippen LogP contribution in [0.1, 0.15) is 11.5 Å². The summed E-state index contributed by atoms with van der Waals surface area (Å²) in [6.07, 6.45) is 0. The molecule has 0 bridgehead atoms. The first-order chi connectivity index (χ1) is 10.1. The van der Waals surface area contributed by atoms with Crippen molar-refractivity contribution < 1.29 is 8.42 Å². The summed E-state index contributed by atoms with van der Waals surface area (Å²) in [4.78, 5) is 0. The third kappa shape index (κ3) is 2.76. The van der Waals surface area contributed by atoms with Crippen molar-refractivity contribution in [1.29, 1.82) is 0 Å². The Kier molecular flexibility index (Phi) is 4.12. The predicted octanol–water partition coefficient (Wildman–Crippen LogP) is 2.11. The van der Waals surface area contributed by atoms with Gasteiger partial charge < -0.3 is 5.73 Å². The predicted molar refractivity (Wildman–Crippen MR) is 84.8 cm³/mol. The minimum absolute atomic E-state index is 0.169. The molecule has 0 radical (unpaired) electrons. The summed E-state index contributed by atoms with van der Waals surface area (Å²) < 4.78 is 27.2. The van der Waals surface area contributed by atoms with Crippen LogP contribution in [-0.2, 0) is 10.0 Å². The fourth-order valence-electron chi connectivity index (χ4n) is 2.88.